The van der Waals surface area contributed by atoms with E-state index in [-0.39, 0.29) is 0 Å². The minimum atomic E-state index is 0.343. The van der Waals surface area contributed by atoms with Crippen molar-refractivity contribution in [3.63, 3.8) is 0 Å². The average Bonchev–Trinajstić information content (AvgIpc) is 2.31. The molecule has 6 heteroatoms. The third kappa shape index (κ3) is 2.77. The Morgan fingerprint density at radius 1 is 1.19 bits per heavy atom. The van der Waals surface area contributed by atoms with Crippen LogP contribution in [-0.2, 0) is 0 Å². The number of nitroso groups, excluding NO2 is 1. The highest BCUT2D eigenvalue weighted by molar-refractivity contribution is 7.99. The molecule has 2 rings (SSSR count). The highest BCUT2D eigenvalue weighted by atomic mass is 32.2. The van der Waals surface area contributed by atoms with Gasteiger partial charge in [0, 0.05) is 4.90 Å². The van der Waals surface area contributed by atoms with E-state index in [4.69, 9.17) is 0 Å². The molecular formula is C10H8N4OS. The predicted molar refractivity (Wildman–Crippen MR) is 62.0 cm³/mol. The Labute approximate surface area is 96.3 Å². The molecule has 0 saturated carbocycles. The van der Waals surface area contributed by atoms with Crippen molar-refractivity contribution in [2.45, 2.75) is 9.92 Å². The summed E-state index contributed by atoms with van der Waals surface area (Å²) >= 11 is 1.47. The summed E-state index contributed by atoms with van der Waals surface area (Å²) in [4.78, 5) is 19.2. The van der Waals surface area contributed by atoms with Crippen LogP contribution in [0.15, 0.2) is 57.9 Å². The van der Waals surface area contributed by atoms with Gasteiger partial charge in [-0.05, 0) is 12.1 Å². The van der Waals surface area contributed by atoms with Crippen LogP contribution >= 0.6 is 11.8 Å². The molecule has 0 aliphatic heterocycles. The fourth-order valence-electron chi connectivity index (χ4n) is 1.11. The van der Waals surface area contributed by atoms with Crippen LogP contribution in [0.4, 0.5) is 5.82 Å². The van der Waals surface area contributed by atoms with E-state index in [0.717, 1.165) is 4.90 Å². The summed E-state index contributed by atoms with van der Waals surface area (Å²) in [6.07, 6.45) is 3.07. The Morgan fingerprint density at radius 3 is 2.75 bits per heavy atom. The summed E-state index contributed by atoms with van der Waals surface area (Å²) in [5.74, 6) is 0.343. The SMILES string of the molecule is O=NNc1cncc(Sc2ccccc2)n1. The lowest BCUT2D eigenvalue weighted by atomic mass is 10.4. The number of benzene rings is 1. The molecule has 1 heterocycles. The van der Waals surface area contributed by atoms with Crippen molar-refractivity contribution in [3.8, 4) is 0 Å². The normalized spacial score (nSPS) is 9.75. The first-order chi connectivity index (χ1) is 7.88. The van der Waals surface area contributed by atoms with Crippen molar-refractivity contribution in [3.05, 3.63) is 47.6 Å². The number of rotatable bonds is 4. The van der Waals surface area contributed by atoms with Crippen molar-refractivity contribution in [2.24, 2.45) is 5.29 Å². The Balaban J connectivity index is 2.15. The van der Waals surface area contributed by atoms with Gasteiger partial charge in [-0.25, -0.2) is 10.4 Å². The van der Waals surface area contributed by atoms with E-state index in [2.05, 4.69) is 20.7 Å². The van der Waals surface area contributed by atoms with Gasteiger partial charge < -0.3 is 0 Å². The summed E-state index contributed by atoms with van der Waals surface area (Å²) in [6, 6.07) is 9.80. The van der Waals surface area contributed by atoms with Gasteiger partial charge in [0.15, 0.2) is 5.82 Å². The second-order valence-corrected chi connectivity index (χ2v) is 3.95. The molecule has 0 unspecified atom stereocenters. The zero-order valence-corrected chi connectivity index (χ0v) is 9.02. The second-order valence-electron chi connectivity index (χ2n) is 2.86. The second kappa shape index (κ2) is 5.22. The van der Waals surface area contributed by atoms with E-state index in [1.165, 1.54) is 18.0 Å². The lowest BCUT2D eigenvalue weighted by Gasteiger charge is -2.01. The van der Waals surface area contributed by atoms with Crippen LogP contribution < -0.4 is 5.43 Å². The molecule has 16 heavy (non-hydrogen) atoms. The predicted octanol–water partition coefficient (Wildman–Crippen LogP) is 2.72. The molecule has 0 radical (unpaired) electrons. The van der Waals surface area contributed by atoms with E-state index >= 15 is 0 Å². The van der Waals surface area contributed by atoms with Crippen LogP contribution in [0.25, 0.3) is 0 Å². The van der Waals surface area contributed by atoms with Gasteiger partial charge in [0.1, 0.15) is 5.03 Å². The van der Waals surface area contributed by atoms with Gasteiger partial charge in [-0.3, -0.25) is 4.98 Å². The molecule has 0 fully saturated rings. The largest absolute Gasteiger partial charge is 0.258 e. The molecule has 1 aromatic heterocycles. The quantitative estimate of drug-likeness (QED) is 0.648. The van der Waals surface area contributed by atoms with Crippen LogP contribution in [0.1, 0.15) is 0 Å². The van der Waals surface area contributed by atoms with E-state index < -0.39 is 0 Å². The standard InChI is InChI=1S/C10H8N4OS/c15-14-13-9-6-11-7-10(12-9)16-8-4-2-1-3-5-8/h1-7H,(H,12,13,15). The molecule has 0 aliphatic rings. The third-order valence-electron chi connectivity index (χ3n) is 1.74. The first kappa shape index (κ1) is 10.6. The van der Waals surface area contributed by atoms with Gasteiger partial charge in [0.2, 0.25) is 0 Å². The summed E-state index contributed by atoms with van der Waals surface area (Å²) < 4.78 is 0. The van der Waals surface area contributed by atoms with Gasteiger partial charge in [0.05, 0.1) is 17.7 Å². The number of nitrogens with zero attached hydrogens (tertiary/aromatic N) is 3. The molecule has 80 valence electrons. The number of hydrogen-bond acceptors (Lipinski definition) is 5. The number of anilines is 1. The Kier molecular flexibility index (Phi) is 3.45. The Morgan fingerprint density at radius 2 is 2.00 bits per heavy atom. The minimum absolute atomic E-state index is 0.343. The maximum atomic E-state index is 10.0. The van der Waals surface area contributed by atoms with Crippen LogP contribution in [-0.4, -0.2) is 9.97 Å². The Bertz CT molecular complexity index is 477. The van der Waals surface area contributed by atoms with Crippen molar-refractivity contribution in [1.82, 2.24) is 9.97 Å². The van der Waals surface area contributed by atoms with Gasteiger partial charge in [-0.1, -0.05) is 30.0 Å². The number of hydrogen-bond donors (Lipinski definition) is 1. The van der Waals surface area contributed by atoms with Crippen LogP contribution in [0, 0.1) is 4.91 Å². The summed E-state index contributed by atoms with van der Waals surface area (Å²) in [5, 5.41) is 3.25. The first-order valence-electron chi connectivity index (χ1n) is 4.52. The van der Waals surface area contributed by atoms with Crippen LogP contribution in [0.2, 0.25) is 0 Å². The highest BCUT2D eigenvalue weighted by Gasteiger charge is 2.00. The number of aromatic nitrogens is 2. The van der Waals surface area contributed by atoms with Gasteiger partial charge in [-0.2, -0.15) is 0 Å². The lowest BCUT2D eigenvalue weighted by Crippen LogP contribution is -1.92. The van der Waals surface area contributed by atoms with Crippen molar-refractivity contribution in [2.75, 3.05) is 5.43 Å². The molecular weight excluding hydrogens is 224 g/mol. The molecule has 0 aliphatic carbocycles. The van der Waals surface area contributed by atoms with Gasteiger partial charge >= 0.3 is 0 Å². The average molecular weight is 232 g/mol. The maximum Gasteiger partial charge on any atom is 0.168 e. The highest BCUT2D eigenvalue weighted by Crippen LogP contribution is 2.25. The molecule has 0 atom stereocenters. The summed E-state index contributed by atoms with van der Waals surface area (Å²) in [5.41, 5.74) is 2.22. The lowest BCUT2D eigenvalue weighted by molar-refractivity contribution is 1.04. The zero-order valence-electron chi connectivity index (χ0n) is 8.20. The fraction of sp³-hybridized carbons (Fsp3) is 0. The fourth-order valence-corrected chi connectivity index (χ4v) is 1.90. The van der Waals surface area contributed by atoms with E-state index in [1.807, 2.05) is 30.3 Å². The third-order valence-corrected chi connectivity index (χ3v) is 2.65. The summed E-state index contributed by atoms with van der Waals surface area (Å²) in [6.45, 7) is 0. The van der Waals surface area contributed by atoms with Crippen molar-refractivity contribution < 1.29 is 0 Å². The molecule has 5 nitrogen and oxygen atoms in total. The maximum absolute atomic E-state index is 10.0. The van der Waals surface area contributed by atoms with E-state index in [0.29, 0.717) is 10.8 Å². The Hall–Kier alpha value is -1.95. The van der Waals surface area contributed by atoms with Crippen molar-refractivity contribution in [1.29, 1.82) is 0 Å². The smallest absolute Gasteiger partial charge is 0.168 e. The van der Waals surface area contributed by atoms with Crippen molar-refractivity contribution >= 4 is 17.6 Å². The number of nitrogens with one attached hydrogen (secondary N) is 1. The summed E-state index contributed by atoms with van der Waals surface area (Å²) in [7, 11) is 0. The molecule has 1 N–H and O–H groups in total. The molecule has 1 aromatic carbocycles. The topological polar surface area (TPSA) is 67.2 Å². The molecule has 0 saturated heterocycles. The monoisotopic (exact) mass is 232 g/mol. The molecule has 0 spiro atoms. The molecule has 0 bridgehead atoms. The molecule has 0 amide bonds. The zero-order chi connectivity index (χ0) is 11.2. The van der Waals surface area contributed by atoms with Crippen LogP contribution in [0.3, 0.4) is 0 Å². The minimum Gasteiger partial charge on any atom is -0.258 e. The van der Waals surface area contributed by atoms with E-state index in [1.54, 1.807) is 6.20 Å². The van der Waals surface area contributed by atoms with Gasteiger partial charge in [-0.15, -0.1) is 4.91 Å². The van der Waals surface area contributed by atoms with Crippen LogP contribution in [0.5, 0.6) is 0 Å². The molecule has 2 aromatic rings. The van der Waals surface area contributed by atoms with Gasteiger partial charge in [0.25, 0.3) is 0 Å². The first-order valence-corrected chi connectivity index (χ1v) is 5.33. The van der Waals surface area contributed by atoms with E-state index in [9.17, 15) is 4.91 Å².